The number of nitrogens with one attached hydrogen (secondary N) is 1. The Morgan fingerprint density at radius 3 is 2.60 bits per heavy atom. The summed E-state index contributed by atoms with van der Waals surface area (Å²) in [5.74, 6) is -0.133. The monoisotopic (exact) mass is 474 g/mol. The molecule has 3 aliphatic rings. The van der Waals surface area contributed by atoms with E-state index in [1.807, 2.05) is 0 Å². The molecule has 8 heteroatoms. The van der Waals surface area contributed by atoms with Crippen molar-refractivity contribution in [3.05, 3.63) is 58.4 Å². The van der Waals surface area contributed by atoms with Crippen molar-refractivity contribution < 1.29 is 19.4 Å². The molecule has 0 unspecified atom stereocenters. The highest BCUT2D eigenvalue weighted by molar-refractivity contribution is 6.20. The summed E-state index contributed by atoms with van der Waals surface area (Å²) in [5.41, 5.74) is 3.44. The number of pyridine rings is 1. The molecule has 4 heterocycles. The smallest absolute Gasteiger partial charge is 0.335 e. The molecule has 2 aliphatic heterocycles. The third-order valence-electron chi connectivity index (χ3n) is 8.06. The Morgan fingerprint density at radius 2 is 1.89 bits per heavy atom. The Balaban J connectivity index is 1.31. The lowest BCUT2D eigenvalue weighted by Gasteiger charge is -2.41. The Bertz CT molecular complexity index is 1330. The quantitative estimate of drug-likeness (QED) is 0.600. The number of anilines is 1. The lowest BCUT2D eigenvalue weighted by molar-refractivity contribution is 0.0115. The minimum Gasteiger partial charge on any atom is -0.478 e. The lowest BCUT2D eigenvalue weighted by Crippen LogP contribution is -2.49. The van der Waals surface area contributed by atoms with Gasteiger partial charge in [-0.3, -0.25) is 9.69 Å². The maximum absolute atomic E-state index is 13.6. The topological polar surface area (TPSA) is 98.8 Å². The molecule has 3 aromatic rings. The van der Waals surface area contributed by atoms with Gasteiger partial charge in [0.05, 0.1) is 24.3 Å². The predicted molar refractivity (Wildman–Crippen MR) is 133 cm³/mol. The third kappa shape index (κ3) is 3.54. The largest absolute Gasteiger partial charge is 0.478 e. The first-order chi connectivity index (χ1) is 16.8. The van der Waals surface area contributed by atoms with Crippen molar-refractivity contribution >= 4 is 28.5 Å². The summed E-state index contributed by atoms with van der Waals surface area (Å²) in [6.45, 7) is 9.78. The second-order valence-electron chi connectivity index (χ2n) is 10.3. The number of H-pyrrole nitrogens is 1. The van der Waals surface area contributed by atoms with Gasteiger partial charge in [0.25, 0.3) is 0 Å². The van der Waals surface area contributed by atoms with Gasteiger partial charge in [0.15, 0.2) is 5.78 Å². The van der Waals surface area contributed by atoms with Crippen molar-refractivity contribution in [1.29, 1.82) is 0 Å². The predicted octanol–water partition coefficient (Wildman–Crippen LogP) is 3.43. The van der Waals surface area contributed by atoms with E-state index >= 15 is 0 Å². The van der Waals surface area contributed by atoms with Crippen molar-refractivity contribution in [2.75, 3.05) is 44.3 Å². The number of carbonyl (C=O) groups excluding carboxylic acids is 1. The number of morpholine rings is 1. The molecule has 0 spiro atoms. The van der Waals surface area contributed by atoms with E-state index in [1.165, 1.54) is 0 Å². The van der Waals surface area contributed by atoms with E-state index in [4.69, 9.17) is 9.72 Å². The minimum atomic E-state index is -0.987. The lowest BCUT2D eigenvalue weighted by atomic mass is 9.72. The van der Waals surface area contributed by atoms with Gasteiger partial charge >= 0.3 is 5.97 Å². The second kappa shape index (κ2) is 8.17. The van der Waals surface area contributed by atoms with Gasteiger partial charge in [-0.15, -0.1) is 0 Å². The summed E-state index contributed by atoms with van der Waals surface area (Å²) in [5, 5.41) is 10.1. The average molecular weight is 475 g/mol. The van der Waals surface area contributed by atoms with Gasteiger partial charge in [-0.05, 0) is 36.6 Å². The van der Waals surface area contributed by atoms with Gasteiger partial charge in [-0.1, -0.05) is 19.9 Å². The summed E-state index contributed by atoms with van der Waals surface area (Å²) in [4.78, 5) is 38.0. The van der Waals surface area contributed by atoms with Gasteiger partial charge in [0.1, 0.15) is 5.82 Å². The van der Waals surface area contributed by atoms with Crippen LogP contribution in [0.2, 0.25) is 0 Å². The van der Waals surface area contributed by atoms with Gasteiger partial charge < -0.3 is 19.7 Å². The Labute approximate surface area is 203 Å². The van der Waals surface area contributed by atoms with Crippen molar-refractivity contribution in [2.45, 2.75) is 38.1 Å². The molecule has 2 fully saturated rings. The van der Waals surface area contributed by atoms with Crippen molar-refractivity contribution in [2.24, 2.45) is 0 Å². The average Bonchev–Trinajstić information content (AvgIpc) is 3.28. The summed E-state index contributed by atoms with van der Waals surface area (Å²) in [6.07, 6.45) is 3.93. The number of piperidine rings is 1. The number of hydrogen-bond acceptors (Lipinski definition) is 6. The first-order valence-electron chi connectivity index (χ1n) is 12.4. The fourth-order valence-electron chi connectivity index (χ4n) is 6.02. The fraction of sp³-hybridized carbons (Fsp3) is 0.444. The molecule has 0 radical (unpaired) electrons. The number of aromatic carboxylic acids is 1. The SMILES string of the molecule is CC1(C)c2cc(N3CCC(N4CCOCC4)CC3)ncc2C(=O)c2c1[nH]c1cc(C(=O)O)ccc21. The highest BCUT2D eigenvalue weighted by Gasteiger charge is 2.40. The number of ether oxygens (including phenoxy) is 1. The zero-order valence-corrected chi connectivity index (χ0v) is 20.1. The zero-order chi connectivity index (χ0) is 24.3. The first kappa shape index (κ1) is 22.2. The van der Waals surface area contributed by atoms with Crippen LogP contribution in [0.3, 0.4) is 0 Å². The van der Waals surface area contributed by atoms with E-state index in [0.717, 1.165) is 74.7 Å². The van der Waals surface area contributed by atoms with E-state index < -0.39 is 11.4 Å². The maximum atomic E-state index is 13.6. The highest BCUT2D eigenvalue weighted by Crippen LogP contribution is 2.44. The number of ketones is 1. The van der Waals surface area contributed by atoms with Gasteiger partial charge in [-0.25, -0.2) is 9.78 Å². The maximum Gasteiger partial charge on any atom is 0.335 e. The molecule has 182 valence electrons. The molecular weight excluding hydrogens is 444 g/mol. The van der Waals surface area contributed by atoms with E-state index in [1.54, 1.807) is 24.4 Å². The molecule has 1 aliphatic carbocycles. The van der Waals surface area contributed by atoms with Crippen LogP contribution < -0.4 is 4.90 Å². The van der Waals surface area contributed by atoms with Crippen molar-refractivity contribution in [1.82, 2.24) is 14.9 Å². The van der Waals surface area contributed by atoms with Crippen LogP contribution >= 0.6 is 0 Å². The molecule has 2 N–H and O–H groups in total. The van der Waals surface area contributed by atoms with Crippen LogP contribution in [0.15, 0.2) is 30.5 Å². The van der Waals surface area contributed by atoms with Crippen molar-refractivity contribution in [3.8, 4) is 0 Å². The van der Waals surface area contributed by atoms with E-state index in [0.29, 0.717) is 22.7 Å². The zero-order valence-electron chi connectivity index (χ0n) is 20.1. The van der Waals surface area contributed by atoms with Crippen LogP contribution in [0, 0.1) is 0 Å². The molecule has 6 rings (SSSR count). The van der Waals surface area contributed by atoms with Gasteiger partial charge in [0.2, 0.25) is 0 Å². The number of carboxylic acids is 1. The third-order valence-corrected chi connectivity index (χ3v) is 8.06. The van der Waals surface area contributed by atoms with Crippen LogP contribution in [-0.4, -0.2) is 77.2 Å². The van der Waals surface area contributed by atoms with Gasteiger partial charge in [0, 0.05) is 66.0 Å². The number of carboxylic acid groups (broad SMARTS) is 1. The number of fused-ring (bicyclic) bond motifs is 4. The number of nitrogens with zero attached hydrogens (tertiary/aromatic N) is 3. The molecule has 8 nitrogen and oxygen atoms in total. The highest BCUT2D eigenvalue weighted by atomic mass is 16.5. The number of benzene rings is 1. The van der Waals surface area contributed by atoms with E-state index in [2.05, 4.69) is 34.7 Å². The standard InChI is InChI=1S/C27H30N4O4/c1-27(2)20-14-22(31-7-5-17(6-8-31)30-9-11-35-12-10-30)28-15-19(20)24(32)23-18-4-3-16(26(33)34)13-21(18)29-25(23)27/h3-4,13-15,17,29H,5-12H2,1-2H3,(H,33,34). The van der Waals surface area contributed by atoms with Crippen LogP contribution in [0.1, 0.15) is 64.2 Å². The Morgan fingerprint density at radius 1 is 1.14 bits per heavy atom. The van der Waals surface area contributed by atoms with Crippen LogP contribution in [-0.2, 0) is 10.2 Å². The molecule has 0 amide bonds. The number of aromatic nitrogens is 2. The van der Waals surface area contributed by atoms with Crippen LogP contribution in [0.25, 0.3) is 10.9 Å². The number of aromatic amines is 1. The second-order valence-corrected chi connectivity index (χ2v) is 10.3. The van der Waals surface area contributed by atoms with Crippen molar-refractivity contribution in [3.63, 3.8) is 0 Å². The summed E-state index contributed by atoms with van der Waals surface area (Å²) in [6, 6.07) is 7.56. The Kier molecular flexibility index (Phi) is 5.19. The van der Waals surface area contributed by atoms with Crippen LogP contribution in [0.4, 0.5) is 5.82 Å². The molecule has 2 aromatic heterocycles. The summed E-state index contributed by atoms with van der Waals surface area (Å²) < 4.78 is 5.50. The van der Waals surface area contributed by atoms with E-state index in [9.17, 15) is 14.7 Å². The molecule has 35 heavy (non-hydrogen) atoms. The van der Waals surface area contributed by atoms with Crippen LogP contribution in [0.5, 0.6) is 0 Å². The molecular formula is C27H30N4O4. The number of rotatable bonds is 3. The first-order valence-corrected chi connectivity index (χ1v) is 12.4. The van der Waals surface area contributed by atoms with Gasteiger partial charge in [-0.2, -0.15) is 0 Å². The summed E-state index contributed by atoms with van der Waals surface area (Å²) in [7, 11) is 0. The number of hydrogen-bond donors (Lipinski definition) is 2. The fourth-order valence-corrected chi connectivity index (χ4v) is 6.02. The normalized spacial score (nSPS) is 20.6. The molecule has 2 saturated heterocycles. The number of carbonyl (C=O) groups is 2. The Hall–Kier alpha value is -3.23. The summed E-state index contributed by atoms with van der Waals surface area (Å²) >= 11 is 0. The van der Waals surface area contributed by atoms with E-state index in [-0.39, 0.29) is 11.3 Å². The molecule has 0 saturated carbocycles. The molecule has 0 atom stereocenters. The molecule has 1 aromatic carbocycles. The minimum absolute atomic E-state index is 0.0614. The molecule has 0 bridgehead atoms.